The molecule has 0 amide bonds. The number of nitrogens with zero attached hydrogens (tertiary/aromatic N) is 2. The fraction of sp³-hybridized carbons (Fsp3) is 0.214. The van der Waals surface area contributed by atoms with Crippen LogP contribution in [-0.4, -0.2) is 35.8 Å². The number of ether oxygens (including phenoxy) is 1. The number of aromatic nitrogens is 1. The number of anilines is 1. The second-order valence-electron chi connectivity index (χ2n) is 4.06. The van der Waals surface area contributed by atoms with Gasteiger partial charge in [0.2, 0.25) is 0 Å². The molecule has 6 nitrogen and oxygen atoms in total. The Bertz CT molecular complexity index is 664. The van der Waals surface area contributed by atoms with Crippen LogP contribution in [0.2, 0.25) is 0 Å². The number of pyridine rings is 1. The molecule has 0 fully saturated rings. The number of hydrogen-bond donors (Lipinski definition) is 2. The number of para-hydroxylation sites is 1. The van der Waals surface area contributed by atoms with E-state index < -0.39 is 5.97 Å². The van der Waals surface area contributed by atoms with Crippen molar-refractivity contribution in [2.45, 2.75) is 0 Å². The number of hydrogen-bond acceptors (Lipinski definition) is 5. The monoisotopic (exact) mass is 271 g/mol. The molecule has 0 saturated heterocycles. The first kappa shape index (κ1) is 13.8. The third-order valence-electron chi connectivity index (χ3n) is 2.61. The molecule has 0 aliphatic rings. The first-order valence-electron chi connectivity index (χ1n) is 6.04. The van der Waals surface area contributed by atoms with Gasteiger partial charge in [-0.3, -0.25) is 0 Å². The number of carboxylic acids is 1. The van der Waals surface area contributed by atoms with Gasteiger partial charge in [-0.15, -0.1) is 0 Å². The smallest absolute Gasteiger partial charge is 0.329 e. The van der Waals surface area contributed by atoms with Gasteiger partial charge in [0.05, 0.1) is 17.7 Å². The number of benzene rings is 1. The topological polar surface area (TPSA) is 95.2 Å². The second-order valence-corrected chi connectivity index (χ2v) is 4.06. The second kappa shape index (κ2) is 6.50. The number of rotatable bonds is 6. The Morgan fingerprint density at radius 2 is 2.25 bits per heavy atom. The highest BCUT2D eigenvalue weighted by atomic mass is 16.5. The Morgan fingerprint density at radius 1 is 1.45 bits per heavy atom. The van der Waals surface area contributed by atoms with Gasteiger partial charge in [-0.25, -0.2) is 9.78 Å². The molecule has 0 unspecified atom stereocenters. The molecule has 2 aromatic rings. The van der Waals surface area contributed by atoms with Crippen LogP contribution in [0.4, 0.5) is 5.82 Å². The standard InChI is InChI=1S/C14H13N3O3/c15-8-11-7-10-3-1-2-4-12(10)17-14(11)16-5-6-20-9-13(18)19/h1-4,7H,5-6,9H2,(H,16,17)(H,18,19). The van der Waals surface area contributed by atoms with Gasteiger partial charge in [-0.1, -0.05) is 18.2 Å². The van der Waals surface area contributed by atoms with Crippen LogP contribution in [0.25, 0.3) is 10.9 Å². The maximum absolute atomic E-state index is 10.3. The molecule has 0 saturated carbocycles. The van der Waals surface area contributed by atoms with Crippen LogP contribution in [0.1, 0.15) is 5.56 Å². The highest BCUT2D eigenvalue weighted by Crippen LogP contribution is 2.19. The van der Waals surface area contributed by atoms with Crippen molar-refractivity contribution < 1.29 is 14.6 Å². The maximum atomic E-state index is 10.3. The third kappa shape index (κ3) is 3.43. The summed E-state index contributed by atoms with van der Waals surface area (Å²) >= 11 is 0. The number of nitriles is 1. The molecule has 2 N–H and O–H groups in total. The number of aliphatic carboxylic acids is 1. The fourth-order valence-electron chi connectivity index (χ4n) is 1.74. The van der Waals surface area contributed by atoms with Crippen molar-refractivity contribution in [3.05, 3.63) is 35.9 Å². The normalized spacial score (nSPS) is 10.2. The van der Waals surface area contributed by atoms with E-state index in [1.165, 1.54) is 0 Å². The number of carbonyl (C=O) groups is 1. The molecule has 2 rings (SSSR count). The van der Waals surface area contributed by atoms with E-state index in [-0.39, 0.29) is 13.2 Å². The lowest BCUT2D eigenvalue weighted by molar-refractivity contribution is -0.142. The summed E-state index contributed by atoms with van der Waals surface area (Å²) in [5.41, 5.74) is 1.24. The van der Waals surface area contributed by atoms with E-state index in [0.29, 0.717) is 17.9 Å². The quantitative estimate of drug-likeness (QED) is 0.775. The molecule has 0 radical (unpaired) electrons. The van der Waals surface area contributed by atoms with Crippen molar-refractivity contribution in [2.24, 2.45) is 0 Å². The van der Waals surface area contributed by atoms with Crippen molar-refractivity contribution in [3.8, 4) is 6.07 Å². The molecular weight excluding hydrogens is 258 g/mol. The average molecular weight is 271 g/mol. The first-order chi connectivity index (χ1) is 9.70. The van der Waals surface area contributed by atoms with Crippen molar-refractivity contribution in [1.82, 2.24) is 4.98 Å². The van der Waals surface area contributed by atoms with Crippen molar-refractivity contribution in [1.29, 1.82) is 5.26 Å². The molecule has 102 valence electrons. The van der Waals surface area contributed by atoms with E-state index in [1.807, 2.05) is 24.3 Å². The minimum atomic E-state index is -1.01. The highest BCUT2D eigenvalue weighted by Gasteiger charge is 2.06. The van der Waals surface area contributed by atoms with E-state index in [9.17, 15) is 4.79 Å². The summed E-state index contributed by atoms with van der Waals surface area (Å²) in [5.74, 6) is -0.531. The zero-order chi connectivity index (χ0) is 14.4. The van der Waals surface area contributed by atoms with Gasteiger partial charge >= 0.3 is 5.97 Å². The van der Waals surface area contributed by atoms with Crippen LogP contribution in [0.5, 0.6) is 0 Å². The largest absolute Gasteiger partial charge is 0.480 e. The van der Waals surface area contributed by atoms with Gasteiger partial charge in [-0.05, 0) is 12.1 Å². The van der Waals surface area contributed by atoms with Crippen LogP contribution in [0.15, 0.2) is 30.3 Å². The molecular formula is C14H13N3O3. The highest BCUT2D eigenvalue weighted by molar-refractivity contribution is 5.82. The van der Waals surface area contributed by atoms with Crippen molar-refractivity contribution in [3.63, 3.8) is 0 Å². The minimum absolute atomic E-state index is 0.228. The summed E-state index contributed by atoms with van der Waals surface area (Å²) in [6.45, 7) is 0.275. The SMILES string of the molecule is N#Cc1cc2ccccc2nc1NCCOCC(=O)O. The molecule has 0 bridgehead atoms. The van der Waals surface area contributed by atoms with Crippen LogP contribution in [-0.2, 0) is 9.53 Å². The molecule has 20 heavy (non-hydrogen) atoms. The number of fused-ring (bicyclic) bond motifs is 1. The average Bonchev–Trinajstić information content (AvgIpc) is 2.45. The van der Waals surface area contributed by atoms with Crippen LogP contribution < -0.4 is 5.32 Å². The van der Waals surface area contributed by atoms with Crippen LogP contribution in [0.3, 0.4) is 0 Å². The summed E-state index contributed by atoms with van der Waals surface area (Å²) in [6.07, 6.45) is 0. The maximum Gasteiger partial charge on any atom is 0.329 e. The molecule has 0 aliphatic carbocycles. The Morgan fingerprint density at radius 3 is 3.00 bits per heavy atom. The molecule has 0 aliphatic heterocycles. The Balaban J connectivity index is 2.05. The van der Waals surface area contributed by atoms with Gasteiger partial charge in [0.25, 0.3) is 0 Å². The van der Waals surface area contributed by atoms with E-state index in [0.717, 1.165) is 10.9 Å². The van der Waals surface area contributed by atoms with Gasteiger partial charge in [0, 0.05) is 11.9 Å². The lowest BCUT2D eigenvalue weighted by atomic mass is 10.1. The Labute approximate surface area is 115 Å². The zero-order valence-corrected chi connectivity index (χ0v) is 10.7. The lowest BCUT2D eigenvalue weighted by Crippen LogP contribution is -2.15. The summed E-state index contributed by atoms with van der Waals surface area (Å²) in [6, 6.07) is 11.4. The minimum Gasteiger partial charge on any atom is -0.480 e. The lowest BCUT2D eigenvalue weighted by Gasteiger charge is -2.08. The molecule has 0 spiro atoms. The van der Waals surface area contributed by atoms with Crippen molar-refractivity contribution in [2.75, 3.05) is 25.1 Å². The zero-order valence-electron chi connectivity index (χ0n) is 10.7. The third-order valence-corrected chi connectivity index (χ3v) is 2.61. The van der Waals surface area contributed by atoms with Gasteiger partial charge < -0.3 is 15.2 Å². The molecule has 1 heterocycles. The van der Waals surface area contributed by atoms with E-state index in [4.69, 9.17) is 15.1 Å². The van der Waals surface area contributed by atoms with E-state index in [2.05, 4.69) is 16.4 Å². The number of carboxylic acid groups (broad SMARTS) is 1. The summed E-state index contributed by atoms with van der Waals surface area (Å²) in [5, 5.41) is 21.4. The molecule has 0 atom stereocenters. The van der Waals surface area contributed by atoms with E-state index >= 15 is 0 Å². The summed E-state index contributed by atoms with van der Waals surface area (Å²) in [4.78, 5) is 14.7. The fourth-order valence-corrected chi connectivity index (χ4v) is 1.74. The Hall–Kier alpha value is -2.65. The number of nitrogens with one attached hydrogen (secondary N) is 1. The first-order valence-corrected chi connectivity index (χ1v) is 6.04. The van der Waals surface area contributed by atoms with Crippen LogP contribution in [0, 0.1) is 11.3 Å². The van der Waals surface area contributed by atoms with Gasteiger partial charge in [0.1, 0.15) is 18.5 Å². The van der Waals surface area contributed by atoms with E-state index in [1.54, 1.807) is 6.07 Å². The van der Waals surface area contributed by atoms with Gasteiger partial charge in [-0.2, -0.15) is 5.26 Å². The summed E-state index contributed by atoms with van der Waals surface area (Å²) < 4.78 is 4.91. The Kier molecular flexibility index (Phi) is 4.47. The predicted molar refractivity (Wildman–Crippen MR) is 73.4 cm³/mol. The molecule has 1 aromatic carbocycles. The van der Waals surface area contributed by atoms with Gasteiger partial charge in [0.15, 0.2) is 0 Å². The predicted octanol–water partition coefficient (Wildman–Crippen LogP) is 1.62. The molecule has 6 heteroatoms. The molecule has 1 aromatic heterocycles. The van der Waals surface area contributed by atoms with Crippen LogP contribution >= 0.6 is 0 Å². The van der Waals surface area contributed by atoms with Crippen molar-refractivity contribution >= 4 is 22.7 Å². The summed E-state index contributed by atoms with van der Waals surface area (Å²) in [7, 11) is 0.